The molecule has 0 radical (unpaired) electrons. The molecule has 1 rings (SSSR count). The molecule has 0 heterocycles. The lowest BCUT2D eigenvalue weighted by Gasteiger charge is -2.15. The number of hydrogen-bond donors (Lipinski definition) is 2. The minimum absolute atomic E-state index is 0.0112. The molecule has 0 aromatic heterocycles. The number of carbonyl (C=O) groups is 2. The summed E-state index contributed by atoms with van der Waals surface area (Å²) < 4.78 is 10.8. The molecule has 34 heavy (non-hydrogen) atoms. The number of amides is 1. The number of para-hydroxylation sites is 1. The second-order valence-corrected chi connectivity index (χ2v) is 7.50. The minimum Gasteiger partial charge on any atom is -0.507 e. The standard InChI is InChI=1S/C28H39NO5/c1-3-5-6-7-8-9-10-11-12-13-14-15-18-22-33-26(4-2)27(31)29-21-23-34-28(32)24-19-16-17-20-25(24)30/h5-6,8-9,11-12,14-17,19-20,26,30H,3-4,7,10,13,18,21-23H2,1-2H3,(H,29,31)/b6-5-,9-8-,12-11-,15-14-. The quantitative estimate of drug-likeness (QED) is 0.175. The van der Waals surface area contributed by atoms with E-state index in [1.165, 1.54) is 12.1 Å². The zero-order chi connectivity index (χ0) is 24.9. The molecule has 6 heteroatoms. The number of allylic oxidation sites excluding steroid dienone is 7. The van der Waals surface area contributed by atoms with Gasteiger partial charge < -0.3 is 19.9 Å². The summed E-state index contributed by atoms with van der Waals surface area (Å²) in [6, 6.07) is 6.16. The number of ether oxygens (including phenoxy) is 2. The fourth-order valence-electron chi connectivity index (χ4n) is 2.91. The molecule has 0 bridgehead atoms. The fraction of sp³-hybridized carbons (Fsp3) is 0.429. The monoisotopic (exact) mass is 469 g/mol. The summed E-state index contributed by atoms with van der Waals surface area (Å²) in [4.78, 5) is 24.2. The lowest BCUT2D eigenvalue weighted by Crippen LogP contribution is -2.38. The first-order valence-corrected chi connectivity index (χ1v) is 12.0. The number of rotatable bonds is 17. The minimum atomic E-state index is -0.631. The van der Waals surface area contributed by atoms with E-state index in [9.17, 15) is 14.7 Å². The smallest absolute Gasteiger partial charge is 0.341 e. The summed E-state index contributed by atoms with van der Waals surface area (Å²) in [5.74, 6) is -0.996. The van der Waals surface area contributed by atoms with Gasteiger partial charge in [0.05, 0.1) is 13.2 Å². The van der Waals surface area contributed by atoms with E-state index < -0.39 is 12.1 Å². The lowest BCUT2D eigenvalue weighted by molar-refractivity contribution is -0.133. The van der Waals surface area contributed by atoms with Crippen LogP contribution in [-0.2, 0) is 14.3 Å². The van der Waals surface area contributed by atoms with Gasteiger partial charge in [-0.25, -0.2) is 4.79 Å². The van der Waals surface area contributed by atoms with Crippen LogP contribution in [0.2, 0.25) is 0 Å². The van der Waals surface area contributed by atoms with Crippen LogP contribution in [-0.4, -0.2) is 42.8 Å². The van der Waals surface area contributed by atoms with Gasteiger partial charge in [0.1, 0.15) is 24.0 Å². The Bertz CT molecular complexity index is 826. The molecule has 0 saturated heterocycles. The Kier molecular flexibility index (Phi) is 16.5. The highest BCUT2D eigenvalue weighted by Gasteiger charge is 2.16. The second-order valence-electron chi connectivity index (χ2n) is 7.50. The highest BCUT2D eigenvalue weighted by molar-refractivity contribution is 5.92. The molecule has 1 amide bonds. The van der Waals surface area contributed by atoms with Crippen molar-refractivity contribution in [2.24, 2.45) is 0 Å². The molecule has 0 fully saturated rings. The third kappa shape index (κ3) is 13.4. The Hall–Kier alpha value is -3.12. The van der Waals surface area contributed by atoms with Gasteiger partial charge >= 0.3 is 5.97 Å². The number of hydrogen-bond acceptors (Lipinski definition) is 5. The van der Waals surface area contributed by atoms with Crippen molar-refractivity contribution in [2.75, 3.05) is 19.8 Å². The molecule has 1 atom stereocenters. The average Bonchev–Trinajstić information content (AvgIpc) is 2.84. The predicted octanol–water partition coefficient (Wildman–Crippen LogP) is 5.66. The second kappa shape index (κ2) is 19.4. The van der Waals surface area contributed by atoms with Gasteiger partial charge in [-0.15, -0.1) is 0 Å². The van der Waals surface area contributed by atoms with Crippen LogP contribution >= 0.6 is 0 Å². The van der Waals surface area contributed by atoms with Gasteiger partial charge in [0.2, 0.25) is 5.91 Å². The molecule has 1 unspecified atom stereocenters. The number of phenols is 1. The van der Waals surface area contributed by atoms with Crippen molar-refractivity contribution >= 4 is 11.9 Å². The van der Waals surface area contributed by atoms with E-state index in [0.717, 1.165) is 32.1 Å². The molecule has 2 N–H and O–H groups in total. The predicted molar refractivity (Wildman–Crippen MR) is 137 cm³/mol. The van der Waals surface area contributed by atoms with E-state index in [1.807, 2.05) is 6.92 Å². The fourth-order valence-corrected chi connectivity index (χ4v) is 2.91. The van der Waals surface area contributed by atoms with Gasteiger partial charge in [0.25, 0.3) is 0 Å². The van der Waals surface area contributed by atoms with Crippen molar-refractivity contribution in [1.29, 1.82) is 0 Å². The first-order valence-electron chi connectivity index (χ1n) is 12.0. The zero-order valence-corrected chi connectivity index (χ0v) is 20.4. The van der Waals surface area contributed by atoms with Gasteiger partial charge in [-0.2, -0.15) is 0 Å². The van der Waals surface area contributed by atoms with Crippen LogP contribution in [0, 0.1) is 0 Å². The van der Waals surface area contributed by atoms with E-state index >= 15 is 0 Å². The lowest BCUT2D eigenvalue weighted by atomic mass is 10.2. The van der Waals surface area contributed by atoms with E-state index in [1.54, 1.807) is 12.1 Å². The first kappa shape index (κ1) is 28.9. The molecule has 0 spiro atoms. The van der Waals surface area contributed by atoms with E-state index in [2.05, 4.69) is 60.8 Å². The van der Waals surface area contributed by atoms with Crippen molar-refractivity contribution in [2.45, 2.75) is 58.5 Å². The molecule has 6 nitrogen and oxygen atoms in total. The number of aromatic hydroxyl groups is 1. The van der Waals surface area contributed by atoms with Crippen molar-refractivity contribution in [3.05, 3.63) is 78.4 Å². The zero-order valence-electron chi connectivity index (χ0n) is 20.4. The van der Waals surface area contributed by atoms with Crippen molar-refractivity contribution < 1.29 is 24.2 Å². The molecule has 1 aromatic rings. The molecule has 0 aliphatic rings. The van der Waals surface area contributed by atoms with E-state index in [0.29, 0.717) is 13.0 Å². The van der Waals surface area contributed by atoms with Crippen LogP contribution in [0.1, 0.15) is 62.7 Å². The van der Waals surface area contributed by atoms with Gasteiger partial charge in [-0.05, 0) is 50.7 Å². The Morgan fingerprint density at radius 2 is 1.53 bits per heavy atom. The van der Waals surface area contributed by atoms with Gasteiger partial charge in [-0.3, -0.25) is 4.79 Å². The topological polar surface area (TPSA) is 84.9 Å². The summed E-state index contributed by atoms with van der Waals surface area (Å²) in [7, 11) is 0. The molecule has 0 saturated carbocycles. The Labute approximate surface area is 204 Å². The number of carbonyl (C=O) groups excluding carboxylic acids is 2. The SMILES string of the molecule is CC/C=C\C/C=C\C/C=C\C/C=C\CCOC(CC)C(=O)NCCOC(=O)c1ccccc1O. The molecular formula is C28H39NO5. The van der Waals surface area contributed by atoms with Crippen LogP contribution in [0.15, 0.2) is 72.9 Å². The van der Waals surface area contributed by atoms with Gasteiger partial charge in [0.15, 0.2) is 0 Å². The Morgan fingerprint density at radius 1 is 0.912 bits per heavy atom. The van der Waals surface area contributed by atoms with Crippen LogP contribution in [0.4, 0.5) is 0 Å². The van der Waals surface area contributed by atoms with Gasteiger partial charge in [0, 0.05) is 0 Å². The maximum absolute atomic E-state index is 12.3. The van der Waals surface area contributed by atoms with Crippen LogP contribution < -0.4 is 5.32 Å². The largest absolute Gasteiger partial charge is 0.507 e. The Balaban J connectivity index is 2.14. The maximum Gasteiger partial charge on any atom is 0.341 e. The van der Waals surface area contributed by atoms with Crippen molar-refractivity contribution in [3.63, 3.8) is 0 Å². The number of esters is 1. The van der Waals surface area contributed by atoms with Crippen LogP contribution in [0.5, 0.6) is 5.75 Å². The highest BCUT2D eigenvalue weighted by Crippen LogP contribution is 2.16. The Morgan fingerprint density at radius 3 is 2.15 bits per heavy atom. The summed E-state index contributed by atoms with van der Waals surface area (Å²) in [6.45, 7) is 4.67. The van der Waals surface area contributed by atoms with Crippen molar-refractivity contribution in [3.8, 4) is 5.75 Å². The molecular weight excluding hydrogens is 430 g/mol. The maximum atomic E-state index is 12.3. The van der Waals surface area contributed by atoms with Crippen LogP contribution in [0.3, 0.4) is 0 Å². The van der Waals surface area contributed by atoms with Crippen LogP contribution in [0.25, 0.3) is 0 Å². The molecule has 1 aromatic carbocycles. The molecule has 0 aliphatic carbocycles. The van der Waals surface area contributed by atoms with E-state index in [-0.39, 0.29) is 30.4 Å². The normalized spacial score (nSPS) is 12.8. The summed E-state index contributed by atoms with van der Waals surface area (Å²) >= 11 is 0. The van der Waals surface area contributed by atoms with Crippen molar-refractivity contribution in [1.82, 2.24) is 5.32 Å². The molecule has 0 aliphatic heterocycles. The summed E-state index contributed by atoms with van der Waals surface area (Å²) in [5.41, 5.74) is 0.0967. The van der Waals surface area contributed by atoms with E-state index in [4.69, 9.17) is 9.47 Å². The summed E-state index contributed by atoms with van der Waals surface area (Å²) in [5, 5.41) is 12.4. The first-order chi connectivity index (χ1) is 16.6. The molecule has 186 valence electrons. The average molecular weight is 470 g/mol. The summed E-state index contributed by atoms with van der Waals surface area (Å²) in [6.07, 6.45) is 21.8. The number of phenolic OH excluding ortho intramolecular Hbond substituents is 1. The third-order valence-electron chi connectivity index (χ3n) is 4.74. The number of nitrogens with one attached hydrogen (secondary N) is 1. The third-order valence-corrected chi connectivity index (χ3v) is 4.74. The highest BCUT2D eigenvalue weighted by atomic mass is 16.5. The number of benzene rings is 1. The van der Waals surface area contributed by atoms with Gasteiger partial charge in [-0.1, -0.05) is 74.6 Å².